The molecule has 0 radical (unpaired) electrons. The molecule has 0 fully saturated rings. The fraction of sp³-hybridized carbons (Fsp3) is 0.286. The summed E-state index contributed by atoms with van der Waals surface area (Å²) in [6.07, 6.45) is 0.800. The van der Waals surface area contributed by atoms with Crippen molar-refractivity contribution in [1.82, 2.24) is 10.4 Å². The molecule has 0 unspecified atom stereocenters. The second-order valence-corrected chi connectivity index (χ2v) is 4.95. The largest absolute Gasteiger partial charge is 0.465 e. The lowest BCUT2D eigenvalue weighted by molar-refractivity contribution is -0.388. The Labute approximate surface area is 140 Å². The van der Waals surface area contributed by atoms with E-state index in [0.29, 0.717) is 0 Å². The number of benzene rings is 1. The van der Waals surface area contributed by atoms with Gasteiger partial charge in [-0.1, -0.05) is 0 Å². The summed E-state index contributed by atoms with van der Waals surface area (Å²) in [6.45, 7) is 0.799. The van der Waals surface area contributed by atoms with Crippen molar-refractivity contribution in [3.05, 3.63) is 50.5 Å². The lowest BCUT2D eigenvalue weighted by Crippen LogP contribution is -2.28. The first-order chi connectivity index (χ1) is 11.5. The number of carbonyl (C=O) groups is 2. The molecule has 0 aliphatic rings. The number of hydrogen-bond acceptors (Lipinski definition) is 7. The predicted octanol–water partition coefficient (Wildman–Crippen LogP) is 1.63. The molecule has 1 aromatic carbocycles. The molecule has 1 rings (SSSR count). The molecule has 0 amide bonds. The second kappa shape index (κ2) is 7.75. The zero-order valence-corrected chi connectivity index (χ0v) is 13.6. The van der Waals surface area contributed by atoms with Gasteiger partial charge in [0.05, 0.1) is 12.0 Å². The molecule has 0 aliphatic heterocycles. The molecule has 1 aromatic rings. The highest BCUT2D eigenvalue weighted by atomic mass is 19.2. The third-order valence-electron chi connectivity index (χ3n) is 3.04. The molecular formula is C14H14F3N3O5. The maximum atomic E-state index is 14.3. The molecule has 25 heavy (non-hydrogen) atoms. The van der Waals surface area contributed by atoms with Crippen LogP contribution < -0.4 is 5.43 Å². The Morgan fingerprint density at radius 1 is 1.20 bits per heavy atom. The standard InChI is InChI=1S/C14H14F3N3O5/c1-6-9(15)8(12(20(23)24)11(17)10(6)16)13(21)7(14(22)25-4)5-18-19(2)3/h5,18H,1-4H3. The van der Waals surface area contributed by atoms with Gasteiger partial charge in [-0.2, -0.15) is 4.39 Å². The van der Waals surface area contributed by atoms with E-state index in [1.54, 1.807) is 0 Å². The van der Waals surface area contributed by atoms with Crippen molar-refractivity contribution in [3.8, 4) is 0 Å². The topological polar surface area (TPSA) is 102 Å². The highest BCUT2D eigenvalue weighted by Gasteiger charge is 2.37. The van der Waals surface area contributed by atoms with E-state index >= 15 is 0 Å². The molecular weight excluding hydrogens is 347 g/mol. The quantitative estimate of drug-likeness (QED) is 0.120. The van der Waals surface area contributed by atoms with Crippen molar-refractivity contribution in [3.63, 3.8) is 0 Å². The average molecular weight is 361 g/mol. The van der Waals surface area contributed by atoms with Crippen molar-refractivity contribution in [2.45, 2.75) is 6.92 Å². The zero-order chi connectivity index (χ0) is 19.5. The fourth-order valence-electron chi connectivity index (χ4n) is 1.80. The van der Waals surface area contributed by atoms with Crippen molar-refractivity contribution < 1.29 is 32.4 Å². The van der Waals surface area contributed by atoms with E-state index in [1.165, 1.54) is 19.1 Å². The molecule has 0 aliphatic carbocycles. The number of nitro groups is 1. The van der Waals surface area contributed by atoms with Crippen molar-refractivity contribution in [2.24, 2.45) is 0 Å². The van der Waals surface area contributed by atoms with E-state index in [4.69, 9.17) is 0 Å². The SMILES string of the molecule is COC(=O)C(=CNN(C)C)C(=O)c1c(F)c(C)c(F)c(F)c1[N+](=O)[O-]. The Balaban J connectivity index is 3.72. The van der Waals surface area contributed by atoms with Gasteiger partial charge in [0.1, 0.15) is 17.0 Å². The third-order valence-corrected chi connectivity index (χ3v) is 3.04. The van der Waals surface area contributed by atoms with E-state index in [-0.39, 0.29) is 0 Å². The summed E-state index contributed by atoms with van der Waals surface area (Å²) < 4.78 is 46.1. The van der Waals surface area contributed by atoms with Crippen LogP contribution in [0.3, 0.4) is 0 Å². The maximum Gasteiger partial charge on any atom is 0.343 e. The van der Waals surface area contributed by atoms with Gasteiger partial charge >= 0.3 is 11.7 Å². The molecule has 0 atom stereocenters. The van der Waals surface area contributed by atoms with Crippen LogP contribution in [0.25, 0.3) is 0 Å². The summed E-state index contributed by atoms with van der Waals surface area (Å²) in [5.41, 5.74) is -2.45. The van der Waals surface area contributed by atoms with Crippen LogP contribution in [-0.2, 0) is 9.53 Å². The predicted molar refractivity (Wildman–Crippen MR) is 79.0 cm³/mol. The molecule has 0 saturated carbocycles. The highest BCUT2D eigenvalue weighted by Crippen LogP contribution is 2.32. The van der Waals surface area contributed by atoms with E-state index in [2.05, 4.69) is 10.2 Å². The number of esters is 1. The minimum Gasteiger partial charge on any atom is -0.465 e. The van der Waals surface area contributed by atoms with Gasteiger partial charge in [0.25, 0.3) is 0 Å². The van der Waals surface area contributed by atoms with Gasteiger partial charge in [-0.15, -0.1) is 0 Å². The van der Waals surface area contributed by atoms with Crippen LogP contribution in [-0.4, -0.2) is 42.9 Å². The van der Waals surface area contributed by atoms with Crippen LogP contribution in [0.5, 0.6) is 0 Å². The zero-order valence-electron chi connectivity index (χ0n) is 13.6. The number of methoxy groups -OCH3 is 1. The number of rotatable bonds is 6. The Hall–Kier alpha value is -2.95. The smallest absolute Gasteiger partial charge is 0.343 e. The van der Waals surface area contributed by atoms with Gasteiger partial charge in [0.2, 0.25) is 11.6 Å². The van der Waals surface area contributed by atoms with Gasteiger partial charge in [-0.25, -0.2) is 18.6 Å². The average Bonchev–Trinajstić information content (AvgIpc) is 2.54. The minimum absolute atomic E-state index is 0.799. The van der Waals surface area contributed by atoms with E-state index in [0.717, 1.165) is 20.2 Å². The van der Waals surface area contributed by atoms with Gasteiger partial charge in [-0.05, 0) is 6.92 Å². The van der Waals surface area contributed by atoms with Crippen LogP contribution in [0.2, 0.25) is 0 Å². The lowest BCUT2D eigenvalue weighted by Gasteiger charge is -2.12. The van der Waals surface area contributed by atoms with Gasteiger partial charge < -0.3 is 10.2 Å². The first kappa shape index (κ1) is 20.1. The number of nitrogens with zero attached hydrogens (tertiary/aromatic N) is 2. The first-order valence-electron chi connectivity index (χ1n) is 6.62. The van der Waals surface area contributed by atoms with Crippen LogP contribution in [0.4, 0.5) is 18.9 Å². The maximum absolute atomic E-state index is 14.3. The lowest BCUT2D eigenvalue weighted by atomic mass is 9.98. The van der Waals surface area contributed by atoms with Crippen molar-refractivity contribution >= 4 is 17.4 Å². The molecule has 1 N–H and O–H groups in total. The first-order valence-corrected chi connectivity index (χ1v) is 6.62. The molecule has 8 nitrogen and oxygen atoms in total. The molecule has 0 saturated heterocycles. The summed E-state index contributed by atoms with van der Waals surface area (Å²) in [5.74, 6) is -8.23. The normalized spacial score (nSPS) is 11.4. The summed E-state index contributed by atoms with van der Waals surface area (Å²) in [7, 11) is 3.89. The molecule has 136 valence electrons. The molecule has 0 bridgehead atoms. The second-order valence-electron chi connectivity index (χ2n) is 4.95. The van der Waals surface area contributed by atoms with E-state index < -0.39 is 56.5 Å². The third kappa shape index (κ3) is 3.94. The van der Waals surface area contributed by atoms with Crippen LogP contribution >= 0.6 is 0 Å². The van der Waals surface area contributed by atoms with E-state index in [9.17, 15) is 32.9 Å². The minimum atomic E-state index is -2.00. The molecule has 0 heterocycles. The van der Waals surface area contributed by atoms with E-state index in [1.807, 2.05) is 0 Å². The Bertz CT molecular complexity index is 778. The van der Waals surface area contributed by atoms with Gasteiger partial charge in [0, 0.05) is 25.9 Å². The van der Waals surface area contributed by atoms with Crippen LogP contribution in [0.15, 0.2) is 11.8 Å². The number of nitro benzene ring substituents is 1. The van der Waals surface area contributed by atoms with Gasteiger partial charge in [-0.3, -0.25) is 14.9 Å². The number of hydrogen-bond donors (Lipinski definition) is 1. The Morgan fingerprint density at radius 3 is 2.20 bits per heavy atom. The number of nitrogens with one attached hydrogen (secondary N) is 1. The monoisotopic (exact) mass is 361 g/mol. The van der Waals surface area contributed by atoms with Gasteiger partial charge in [0.15, 0.2) is 5.82 Å². The van der Waals surface area contributed by atoms with Crippen molar-refractivity contribution in [2.75, 3.05) is 21.2 Å². The summed E-state index contributed by atoms with van der Waals surface area (Å²) in [5, 5.41) is 12.3. The number of ether oxygens (including phenoxy) is 1. The van der Waals surface area contributed by atoms with Crippen LogP contribution in [0, 0.1) is 34.5 Å². The summed E-state index contributed by atoms with van der Waals surface area (Å²) >= 11 is 0. The summed E-state index contributed by atoms with van der Waals surface area (Å²) in [6, 6.07) is 0. The Kier molecular flexibility index (Phi) is 6.23. The summed E-state index contributed by atoms with van der Waals surface area (Å²) in [4.78, 5) is 33.8. The number of halogens is 3. The highest BCUT2D eigenvalue weighted by molar-refractivity contribution is 6.25. The number of carbonyl (C=O) groups excluding carboxylic acids is 2. The fourth-order valence-corrected chi connectivity index (χ4v) is 1.80. The molecule has 0 aromatic heterocycles. The van der Waals surface area contributed by atoms with Crippen molar-refractivity contribution in [1.29, 1.82) is 0 Å². The number of Topliss-reactive ketones (excluding diaryl/α,β-unsaturated/α-hetero) is 1. The molecule has 11 heteroatoms. The Morgan fingerprint density at radius 2 is 1.76 bits per heavy atom. The van der Waals surface area contributed by atoms with Crippen LogP contribution in [0.1, 0.15) is 15.9 Å². The number of hydrazine groups is 1. The number of ketones is 1. The molecule has 0 spiro atoms.